The van der Waals surface area contributed by atoms with Crippen LogP contribution in [0.4, 0.5) is 0 Å². The summed E-state index contributed by atoms with van der Waals surface area (Å²) in [5, 5.41) is 15.0. The number of H-pyrrole nitrogens is 1. The number of nitrogens with two attached hydrogens (primary N) is 1. The zero-order chi connectivity index (χ0) is 23.6. The second-order valence-electron chi connectivity index (χ2n) is 8.02. The Bertz CT molecular complexity index is 1250. The summed E-state index contributed by atoms with van der Waals surface area (Å²) in [6.45, 7) is 1.08. The number of alkyl halides is 1. The first kappa shape index (κ1) is 26.2. The minimum absolute atomic E-state index is 0.151. The number of aromatic nitrogens is 1. The van der Waals surface area contributed by atoms with Crippen LogP contribution in [0, 0.1) is 0 Å². The van der Waals surface area contributed by atoms with Crippen LogP contribution in [0.15, 0.2) is 41.3 Å². The van der Waals surface area contributed by atoms with Gasteiger partial charge < -0.3 is 5.11 Å². The normalized spacial score (nSPS) is 18.8. The predicted octanol–water partition coefficient (Wildman–Crippen LogP) is 4.29. The van der Waals surface area contributed by atoms with Gasteiger partial charge in [0.1, 0.15) is 0 Å². The van der Waals surface area contributed by atoms with Gasteiger partial charge in [0.2, 0.25) is 0 Å². The first-order chi connectivity index (χ1) is 15.0. The number of halogens is 2. The number of carbonyl (C=O) groups is 1. The number of primary sulfonamides is 1. The van der Waals surface area contributed by atoms with Crippen LogP contribution in [-0.4, -0.2) is 78.8 Å². The summed E-state index contributed by atoms with van der Waals surface area (Å²) in [5.41, 5.74) is 3.18. The maximum atomic E-state index is 12.7. The fraction of sp³-hybridized carbons (Fsp3) is 0.318. The van der Waals surface area contributed by atoms with E-state index in [1.165, 1.54) is 0 Å². The average molecular weight is 522 g/mol. The second kappa shape index (κ2) is 10.9. The van der Waals surface area contributed by atoms with E-state index >= 15 is 0 Å². The molecule has 0 bridgehead atoms. The first-order valence-corrected chi connectivity index (χ1v) is 14.2. The number of benzene rings is 2. The Kier molecular flexibility index (Phi) is 8.91. The van der Waals surface area contributed by atoms with Crippen molar-refractivity contribution < 1.29 is 18.3 Å². The molecule has 0 unspecified atom stereocenters. The molecule has 166 valence electrons. The van der Waals surface area contributed by atoms with Gasteiger partial charge in [-0.2, -0.15) is 0 Å². The van der Waals surface area contributed by atoms with Crippen LogP contribution in [-0.2, 0) is 14.8 Å². The molecule has 10 heteroatoms. The molecule has 3 aromatic rings. The van der Waals surface area contributed by atoms with Crippen molar-refractivity contribution in [1.29, 1.82) is 0 Å². The molecule has 4 N–H and O–H groups in total. The Balaban J connectivity index is 0.000000668. The Labute approximate surface area is 231 Å². The van der Waals surface area contributed by atoms with Crippen molar-refractivity contribution in [3.63, 3.8) is 0 Å². The van der Waals surface area contributed by atoms with Gasteiger partial charge >= 0.3 is 211 Å². The molecule has 1 fully saturated rings. The minimum atomic E-state index is -3.90. The molecule has 2 aromatic carbocycles. The molecule has 0 atom stereocenters. The Hall–Kier alpha value is -0.424. The number of aromatic amines is 1. The Morgan fingerprint density at radius 3 is 2.31 bits per heavy atom. The van der Waals surface area contributed by atoms with Crippen LogP contribution in [0.25, 0.3) is 22.2 Å². The monoisotopic (exact) mass is 520 g/mol. The van der Waals surface area contributed by atoms with Gasteiger partial charge in [0.15, 0.2) is 0 Å². The van der Waals surface area contributed by atoms with E-state index in [9.17, 15) is 8.42 Å². The fourth-order valence-corrected chi connectivity index (χ4v) is 7.70. The average Bonchev–Trinajstić information content (AvgIpc) is 3.04. The van der Waals surface area contributed by atoms with E-state index in [2.05, 4.69) is 4.98 Å². The van der Waals surface area contributed by atoms with Gasteiger partial charge in [-0.05, 0) is 0 Å². The Morgan fingerprint density at radius 1 is 1.16 bits per heavy atom. The molecular formula is C22H23Cl2KN2O4S. The molecule has 0 radical (unpaired) electrons. The van der Waals surface area contributed by atoms with Crippen LogP contribution in [0.2, 0.25) is 5.02 Å². The molecule has 0 aliphatic heterocycles. The molecule has 4 rings (SSSR count). The van der Waals surface area contributed by atoms with Crippen LogP contribution in [0.5, 0.6) is 0 Å². The number of fused-ring (bicyclic) bond motifs is 1. The summed E-state index contributed by atoms with van der Waals surface area (Å²) in [7, 11) is -3.90. The van der Waals surface area contributed by atoms with Crippen molar-refractivity contribution in [1.82, 2.24) is 4.98 Å². The number of sulfonamides is 1. The van der Waals surface area contributed by atoms with E-state index in [1.54, 1.807) is 0 Å². The van der Waals surface area contributed by atoms with E-state index in [1.807, 2.05) is 36.4 Å². The standard InChI is InChI=1S/C20H19Cl2N2O2S.C2H4O2.K/c21-13-9-7-12(8-10-13)14-3-1-4-15(20(14)27(23,25)26)19-11-16-17(22)5-2-6-18(16)24-19;1-2(3)4;/h1-6,12-13,24H,7-10H2,(H2,23,25,26);1H3,(H,3,4);. The van der Waals surface area contributed by atoms with Gasteiger partial charge in [0.05, 0.1) is 0 Å². The van der Waals surface area contributed by atoms with E-state index in [-0.39, 0.29) is 65.1 Å². The van der Waals surface area contributed by atoms with E-state index < -0.39 is 16.0 Å². The third kappa shape index (κ3) is 5.98. The first-order valence-electron chi connectivity index (χ1n) is 10.3. The molecule has 1 saturated carbocycles. The summed E-state index contributed by atoms with van der Waals surface area (Å²) in [4.78, 5) is 12.6. The Morgan fingerprint density at radius 2 is 1.75 bits per heavy atom. The van der Waals surface area contributed by atoms with Crippen LogP contribution >= 0.6 is 23.2 Å². The summed E-state index contributed by atoms with van der Waals surface area (Å²) in [6, 6.07) is 11.4. The van der Waals surface area contributed by atoms with E-state index in [0.717, 1.165) is 54.4 Å². The van der Waals surface area contributed by atoms with Gasteiger partial charge in [-0.25, -0.2) is 0 Å². The zero-order valence-corrected chi connectivity index (χ0v) is 23.3. The fourth-order valence-electron chi connectivity index (χ4n) is 4.39. The van der Waals surface area contributed by atoms with Gasteiger partial charge in [0, 0.05) is 6.92 Å². The molecule has 0 saturated heterocycles. The van der Waals surface area contributed by atoms with Crippen molar-refractivity contribution in [3.05, 3.63) is 47.0 Å². The number of carboxylic acids is 1. The maximum absolute atomic E-state index is 12.7. The van der Waals surface area contributed by atoms with Crippen LogP contribution < -0.4 is 4.80 Å². The predicted molar refractivity (Wildman–Crippen MR) is 130 cm³/mol. The molecule has 1 aromatic heterocycles. The number of rotatable bonds is 3. The van der Waals surface area contributed by atoms with Gasteiger partial charge in [-0.1, -0.05) is 0 Å². The van der Waals surface area contributed by atoms with E-state index in [0.29, 0.717) is 10.6 Å². The summed E-state index contributed by atoms with van der Waals surface area (Å²) < 4.78 is 26.4. The van der Waals surface area contributed by atoms with Crippen LogP contribution in [0.1, 0.15) is 44.1 Å². The quantitative estimate of drug-likeness (QED) is 0.353. The van der Waals surface area contributed by atoms with Crippen LogP contribution in [0.3, 0.4) is 0 Å². The van der Waals surface area contributed by atoms with Gasteiger partial charge in [0.25, 0.3) is 5.97 Å². The number of carboxylic acid groups (broad SMARTS) is 1. The van der Waals surface area contributed by atoms with Crippen molar-refractivity contribution in [2.24, 2.45) is 5.14 Å². The molecule has 1 aliphatic carbocycles. The third-order valence-corrected chi connectivity index (χ3v) is 9.06. The molecule has 0 amide bonds. The molecule has 1 heterocycles. The van der Waals surface area contributed by atoms with Crippen molar-refractivity contribution >= 4 is 98.7 Å². The number of nitrogens with one attached hydrogen (secondary N) is 1. The topological polar surface area (TPSA) is 113 Å². The van der Waals surface area contributed by atoms with E-state index in [4.69, 9.17) is 38.2 Å². The number of hydrogen-bond donors (Lipinski definition) is 3. The zero-order valence-electron chi connectivity index (χ0n) is 17.9. The molecule has 1 aliphatic rings. The SMILES string of the molecule is CC(=O)O.NS(=O)(=O)c1c(-c2[nH]c3cccc(Cl)c3[c]2[K])cccc1C1CCC(Cl)CC1. The van der Waals surface area contributed by atoms with Crippen molar-refractivity contribution in [2.45, 2.75) is 48.8 Å². The molecule has 0 spiro atoms. The van der Waals surface area contributed by atoms with Gasteiger partial charge in [-0.3, -0.25) is 4.79 Å². The summed E-state index contributed by atoms with van der Waals surface area (Å²) in [6.07, 6.45) is 3.51. The number of hydrogen-bond acceptors (Lipinski definition) is 3. The van der Waals surface area contributed by atoms with Crippen molar-refractivity contribution in [3.8, 4) is 11.3 Å². The molecule has 32 heavy (non-hydrogen) atoms. The second-order valence-corrected chi connectivity index (χ2v) is 12.1. The summed E-state index contributed by atoms with van der Waals surface area (Å²) >= 11 is 13.0. The number of aliphatic carboxylic acids is 1. The molecule has 6 nitrogen and oxygen atoms in total. The van der Waals surface area contributed by atoms with Crippen molar-refractivity contribution in [2.75, 3.05) is 0 Å². The molecular weight excluding hydrogens is 498 g/mol. The van der Waals surface area contributed by atoms with Gasteiger partial charge in [-0.15, -0.1) is 0 Å². The third-order valence-electron chi connectivity index (χ3n) is 5.72. The summed E-state index contributed by atoms with van der Waals surface area (Å²) in [5.74, 6) is -0.682.